The molecular formula is C12H16BrN5. The first-order valence-electron chi connectivity index (χ1n) is 5.81. The first kappa shape index (κ1) is 12.9. The number of H-pyrrole nitrogens is 1. The Kier molecular flexibility index (Phi) is 4.19. The zero-order valence-electron chi connectivity index (χ0n) is 10.2. The Morgan fingerprint density at radius 2 is 2.28 bits per heavy atom. The average Bonchev–Trinajstić information content (AvgIpc) is 2.87. The number of nitrogens with zero attached hydrogens (tertiary/aromatic N) is 2. The maximum absolute atomic E-state index is 5.78. The summed E-state index contributed by atoms with van der Waals surface area (Å²) in [6, 6.07) is 0. The summed E-state index contributed by atoms with van der Waals surface area (Å²) in [6.07, 6.45) is 7.19. The molecule has 0 unspecified atom stereocenters. The minimum absolute atomic E-state index is 0.697. The van der Waals surface area contributed by atoms with Gasteiger partial charge >= 0.3 is 0 Å². The van der Waals surface area contributed by atoms with Crippen LogP contribution in [0.4, 0.5) is 11.5 Å². The molecule has 0 aromatic carbocycles. The number of halogens is 1. The number of pyridine rings is 1. The van der Waals surface area contributed by atoms with Gasteiger partial charge in [-0.1, -0.05) is 0 Å². The maximum Gasteiger partial charge on any atom is 0.140 e. The van der Waals surface area contributed by atoms with Crippen molar-refractivity contribution >= 4 is 27.4 Å². The first-order chi connectivity index (χ1) is 8.68. The van der Waals surface area contributed by atoms with Gasteiger partial charge in [0.25, 0.3) is 0 Å². The molecular weight excluding hydrogens is 294 g/mol. The molecule has 0 saturated carbocycles. The summed E-state index contributed by atoms with van der Waals surface area (Å²) in [5.74, 6) is 1.85. The molecule has 18 heavy (non-hydrogen) atoms. The van der Waals surface area contributed by atoms with E-state index in [4.69, 9.17) is 5.73 Å². The highest BCUT2D eigenvalue weighted by Crippen LogP contribution is 2.27. The second-order valence-corrected chi connectivity index (χ2v) is 4.86. The molecule has 2 rings (SSSR count). The molecule has 0 radical (unpaired) electrons. The monoisotopic (exact) mass is 309 g/mol. The van der Waals surface area contributed by atoms with Crippen LogP contribution in [-0.2, 0) is 6.42 Å². The van der Waals surface area contributed by atoms with Gasteiger partial charge in [-0.2, -0.15) is 0 Å². The fourth-order valence-electron chi connectivity index (χ4n) is 1.61. The Labute approximate surface area is 114 Å². The molecule has 0 aliphatic rings. The zero-order valence-corrected chi connectivity index (χ0v) is 11.8. The SMILES string of the molecule is Cc1c(N)cnc(NCCCc2ncc[nH]2)c1Br. The smallest absolute Gasteiger partial charge is 0.140 e. The van der Waals surface area contributed by atoms with Crippen molar-refractivity contribution < 1.29 is 0 Å². The van der Waals surface area contributed by atoms with Crippen molar-refractivity contribution in [1.29, 1.82) is 0 Å². The Morgan fingerprint density at radius 3 is 3.00 bits per heavy atom. The highest BCUT2D eigenvalue weighted by Gasteiger charge is 2.06. The van der Waals surface area contributed by atoms with Crippen molar-refractivity contribution in [2.24, 2.45) is 0 Å². The van der Waals surface area contributed by atoms with Crippen LogP contribution < -0.4 is 11.1 Å². The van der Waals surface area contributed by atoms with E-state index in [0.717, 1.165) is 41.1 Å². The van der Waals surface area contributed by atoms with E-state index in [2.05, 4.69) is 36.2 Å². The van der Waals surface area contributed by atoms with E-state index in [-0.39, 0.29) is 0 Å². The number of rotatable bonds is 5. The van der Waals surface area contributed by atoms with Crippen molar-refractivity contribution in [3.8, 4) is 0 Å². The van der Waals surface area contributed by atoms with Crippen molar-refractivity contribution in [3.63, 3.8) is 0 Å². The van der Waals surface area contributed by atoms with Crippen molar-refractivity contribution in [3.05, 3.63) is 34.5 Å². The molecule has 2 aromatic rings. The maximum atomic E-state index is 5.78. The second kappa shape index (κ2) is 5.86. The van der Waals surface area contributed by atoms with Crippen molar-refractivity contribution in [2.45, 2.75) is 19.8 Å². The van der Waals surface area contributed by atoms with E-state index >= 15 is 0 Å². The molecule has 2 aromatic heterocycles. The number of nitrogen functional groups attached to an aromatic ring is 1. The third-order valence-corrected chi connectivity index (χ3v) is 3.71. The van der Waals surface area contributed by atoms with E-state index in [1.165, 1.54) is 0 Å². The van der Waals surface area contributed by atoms with E-state index in [0.29, 0.717) is 5.69 Å². The lowest BCUT2D eigenvalue weighted by molar-refractivity contribution is 0.813. The fraction of sp³-hybridized carbons (Fsp3) is 0.333. The van der Waals surface area contributed by atoms with Crippen LogP contribution in [0, 0.1) is 6.92 Å². The molecule has 2 heterocycles. The normalized spacial score (nSPS) is 10.6. The van der Waals surface area contributed by atoms with Crippen LogP contribution in [-0.4, -0.2) is 21.5 Å². The lowest BCUT2D eigenvalue weighted by atomic mass is 10.2. The van der Waals surface area contributed by atoms with Crippen molar-refractivity contribution in [2.75, 3.05) is 17.6 Å². The Morgan fingerprint density at radius 1 is 1.44 bits per heavy atom. The molecule has 0 atom stereocenters. The van der Waals surface area contributed by atoms with Crippen LogP contribution in [0.2, 0.25) is 0 Å². The molecule has 0 fully saturated rings. The Bertz CT molecular complexity index is 509. The fourth-order valence-corrected chi connectivity index (χ4v) is 2.08. The minimum Gasteiger partial charge on any atom is -0.397 e. The minimum atomic E-state index is 0.697. The van der Waals surface area contributed by atoms with Gasteiger partial charge in [0.05, 0.1) is 16.4 Å². The van der Waals surface area contributed by atoms with Gasteiger partial charge in [-0.25, -0.2) is 9.97 Å². The molecule has 0 aliphatic carbocycles. The number of nitrogens with two attached hydrogens (primary N) is 1. The quantitative estimate of drug-likeness (QED) is 0.741. The second-order valence-electron chi connectivity index (χ2n) is 4.07. The van der Waals surface area contributed by atoms with Gasteiger partial charge in [-0.15, -0.1) is 0 Å². The molecule has 0 amide bonds. The van der Waals surface area contributed by atoms with Crippen LogP contribution in [0.15, 0.2) is 23.1 Å². The number of nitrogens with one attached hydrogen (secondary N) is 2. The van der Waals surface area contributed by atoms with Crippen molar-refractivity contribution in [1.82, 2.24) is 15.0 Å². The lowest BCUT2D eigenvalue weighted by Gasteiger charge is -2.10. The zero-order chi connectivity index (χ0) is 13.0. The van der Waals surface area contributed by atoms with E-state index in [1.54, 1.807) is 12.4 Å². The summed E-state index contributed by atoms with van der Waals surface area (Å²) in [5, 5.41) is 3.29. The molecule has 4 N–H and O–H groups in total. The highest BCUT2D eigenvalue weighted by atomic mass is 79.9. The molecule has 6 heteroatoms. The molecule has 96 valence electrons. The number of aromatic nitrogens is 3. The predicted molar refractivity (Wildman–Crippen MR) is 76.5 cm³/mol. The largest absolute Gasteiger partial charge is 0.397 e. The third-order valence-electron chi connectivity index (χ3n) is 2.74. The summed E-state index contributed by atoms with van der Waals surface area (Å²) in [6.45, 7) is 2.81. The van der Waals surface area contributed by atoms with Crippen LogP contribution in [0.5, 0.6) is 0 Å². The van der Waals surface area contributed by atoms with Gasteiger partial charge in [-0.05, 0) is 34.8 Å². The first-order valence-corrected chi connectivity index (χ1v) is 6.60. The standard InChI is InChI=1S/C12H16BrN5/c1-8-9(14)7-18-12(11(8)13)17-4-2-3-10-15-5-6-16-10/h5-7H,2-4,14H2,1H3,(H,15,16)(H,17,18). The van der Waals surface area contributed by atoms with Gasteiger partial charge in [0.2, 0.25) is 0 Å². The van der Waals surface area contributed by atoms with Gasteiger partial charge in [0.1, 0.15) is 11.6 Å². The van der Waals surface area contributed by atoms with Crippen LogP contribution in [0.3, 0.4) is 0 Å². The van der Waals surface area contributed by atoms with Gasteiger partial charge in [0.15, 0.2) is 0 Å². The summed E-state index contributed by atoms with van der Waals surface area (Å²) in [5.41, 5.74) is 7.49. The van der Waals surface area contributed by atoms with E-state index in [1.807, 2.05) is 13.1 Å². The topological polar surface area (TPSA) is 79.6 Å². The Balaban J connectivity index is 1.85. The molecule has 0 aliphatic heterocycles. The van der Waals surface area contributed by atoms with Gasteiger partial charge in [-0.3, -0.25) is 0 Å². The number of imidazole rings is 1. The summed E-state index contributed by atoms with van der Waals surface area (Å²) in [4.78, 5) is 11.5. The number of hydrogen-bond donors (Lipinski definition) is 3. The Hall–Kier alpha value is -1.56. The summed E-state index contributed by atoms with van der Waals surface area (Å²) >= 11 is 3.50. The number of aryl methyl sites for hydroxylation is 1. The lowest BCUT2D eigenvalue weighted by Crippen LogP contribution is -2.07. The number of anilines is 2. The van der Waals surface area contributed by atoms with Crippen LogP contribution in [0.1, 0.15) is 17.8 Å². The van der Waals surface area contributed by atoms with Gasteiger partial charge < -0.3 is 16.0 Å². The highest BCUT2D eigenvalue weighted by molar-refractivity contribution is 9.10. The third kappa shape index (κ3) is 3.01. The van der Waals surface area contributed by atoms with E-state index < -0.39 is 0 Å². The van der Waals surface area contributed by atoms with Crippen LogP contribution >= 0.6 is 15.9 Å². The van der Waals surface area contributed by atoms with Gasteiger partial charge in [0, 0.05) is 25.4 Å². The molecule has 5 nitrogen and oxygen atoms in total. The number of hydrogen-bond acceptors (Lipinski definition) is 4. The van der Waals surface area contributed by atoms with E-state index in [9.17, 15) is 0 Å². The molecule has 0 bridgehead atoms. The number of aromatic amines is 1. The van der Waals surface area contributed by atoms with Crippen LogP contribution in [0.25, 0.3) is 0 Å². The summed E-state index contributed by atoms with van der Waals surface area (Å²) < 4.78 is 0.931. The summed E-state index contributed by atoms with van der Waals surface area (Å²) in [7, 11) is 0. The molecule has 0 saturated heterocycles. The average molecular weight is 310 g/mol. The molecule has 0 spiro atoms. The predicted octanol–water partition coefficient (Wildman–Crippen LogP) is 2.50.